The predicted octanol–water partition coefficient (Wildman–Crippen LogP) is 2.31. The maximum Gasteiger partial charge on any atom is 0.254 e. The quantitative estimate of drug-likeness (QED) is 0.306. The van der Waals surface area contributed by atoms with Crippen LogP contribution in [0.1, 0.15) is 56.3 Å². The van der Waals surface area contributed by atoms with Crippen LogP contribution in [0.15, 0.2) is 18.2 Å². The maximum atomic E-state index is 13.7. The second-order valence-corrected chi connectivity index (χ2v) is 10.7. The van der Waals surface area contributed by atoms with Gasteiger partial charge in [-0.25, -0.2) is 0 Å². The van der Waals surface area contributed by atoms with Gasteiger partial charge in [0.15, 0.2) is 11.5 Å². The van der Waals surface area contributed by atoms with Crippen LogP contribution in [0, 0.1) is 11.8 Å². The van der Waals surface area contributed by atoms with Crippen LogP contribution in [0.5, 0.6) is 11.5 Å². The van der Waals surface area contributed by atoms with Crippen molar-refractivity contribution in [1.29, 1.82) is 0 Å². The van der Waals surface area contributed by atoms with E-state index in [9.17, 15) is 14.4 Å². The molecule has 1 aromatic rings. The number of hydrogen-bond donors (Lipinski definition) is 2. The molecule has 0 radical (unpaired) electrons. The van der Waals surface area contributed by atoms with E-state index in [2.05, 4.69) is 10.6 Å². The van der Waals surface area contributed by atoms with Gasteiger partial charge < -0.3 is 34.6 Å². The number of carbonyl (C=O) groups is 3. The summed E-state index contributed by atoms with van der Waals surface area (Å²) in [6, 6.07) is 5.58. The number of ether oxygens (including phenoxy) is 3. The van der Waals surface area contributed by atoms with Crippen molar-refractivity contribution in [2.24, 2.45) is 11.8 Å². The first kappa shape index (κ1) is 30.7. The van der Waals surface area contributed by atoms with Crippen LogP contribution in [0.3, 0.4) is 0 Å². The second-order valence-electron chi connectivity index (χ2n) is 10.7. The van der Waals surface area contributed by atoms with Gasteiger partial charge in [0.05, 0.1) is 13.7 Å². The number of amides is 3. The van der Waals surface area contributed by atoms with E-state index in [-0.39, 0.29) is 54.5 Å². The average molecular weight is 547 g/mol. The van der Waals surface area contributed by atoms with Crippen molar-refractivity contribution < 1.29 is 28.6 Å². The van der Waals surface area contributed by atoms with Gasteiger partial charge in [0.1, 0.15) is 0 Å². The molecule has 2 N–H and O–H groups in total. The molecular formula is C29H46N4O6. The monoisotopic (exact) mass is 546 g/mol. The lowest BCUT2D eigenvalue weighted by atomic mass is 9.93. The van der Waals surface area contributed by atoms with Gasteiger partial charge in [-0.2, -0.15) is 0 Å². The molecular weight excluding hydrogens is 500 g/mol. The molecule has 218 valence electrons. The van der Waals surface area contributed by atoms with Crippen molar-refractivity contribution in [2.45, 2.75) is 58.0 Å². The minimum Gasteiger partial charge on any atom is -0.493 e. The number of hydrogen-bond acceptors (Lipinski definition) is 7. The van der Waals surface area contributed by atoms with Gasteiger partial charge in [0.25, 0.3) is 5.91 Å². The van der Waals surface area contributed by atoms with Crippen LogP contribution in [0.2, 0.25) is 0 Å². The first-order chi connectivity index (χ1) is 18.8. The van der Waals surface area contributed by atoms with Crippen molar-refractivity contribution in [3.05, 3.63) is 23.8 Å². The molecule has 1 aliphatic carbocycles. The minimum atomic E-state index is -0.118. The summed E-state index contributed by atoms with van der Waals surface area (Å²) in [5.74, 6) is 1.44. The van der Waals surface area contributed by atoms with Crippen LogP contribution >= 0.6 is 0 Å². The zero-order valence-corrected chi connectivity index (χ0v) is 24.2. The summed E-state index contributed by atoms with van der Waals surface area (Å²) in [7, 11) is 4.82. The Balaban J connectivity index is 1.68. The lowest BCUT2D eigenvalue weighted by Crippen LogP contribution is -2.45. The van der Waals surface area contributed by atoms with Crippen molar-refractivity contribution in [2.75, 3.05) is 60.7 Å². The van der Waals surface area contributed by atoms with Crippen molar-refractivity contribution in [3.8, 4) is 11.5 Å². The number of nitrogens with zero attached hydrogens (tertiary/aromatic N) is 2. The first-order valence-corrected chi connectivity index (χ1v) is 14.1. The summed E-state index contributed by atoms with van der Waals surface area (Å²) in [4.78, 5) is 42.3. The lowest BCUT2D eigenvalue weighted by Gasteiger charge is -2.33. The summed E-state index contributed by atoms with van der Waals surface area (Å²) in [5.41, 5.74) is 0.553. The van der Waals surface area contributed by atoms with E-state index in [0.29, 0.717) is 43.4 Å². The molecule has 2 aliphatic rings. The number of benzene rings is 1. The summed E-state index contributed by atoms with van der Waals surface area (Å²) in [6.45, 7) is 7.95. The van der Waals surface area contributed by atoms with Crippen molar-refractivity contribution in [3.63, 3.8) is 0 Å². The Morgan fingerprint density at radius 2 is 1.74 bits per heavy atom. The molecule has 0 unspecified atom stereocenters. The van der Waals surface area contributed by atoms with Crippen LogP contribution in [-0.4, -0.2) is 100 Å². The predicted molar refractivity (Wildman–Crippen MR) is 149 cm³/mol. The van der Waals surface area contributed by atoms with E-state index in [1.54, 1.807) is 39.5 Å². The van der Waals surface area contributed by atoms with E-state index in [1.165, 1.54) is 0 Å². The highest BCUT2D eigenvalue weighted by Crippen LogP contribution is 2.32. The van der Waals surface area contributed by atoms with Gasteiger partial charge in [-0.3, -0.25) is 14.4 Å². The number of methoxy groups -OCH3 is 2. The summed E-state index contributed by atoms with van der Waals surface area (Å²) < 4.78 is 16.4. The van der Waals surface area contributed by atoms with Crippen LogP contribution in [0.4, 0.5) is 0 Å². The molecule has 3 amide bonds. The van der Waals surface area contributed by atoms with Crippen LogP contribution in [0.25, 0.3) is 0 Å². The molecule has 2 fully saturated rings. The van der Waals surface area contributed by atoms with Gasteiger partial charge >= 0.3 is 0 Å². The molecule has 10 nitrogen and oxygen atoms in total. The molecule has 1 saturated heterocycles. The Hall–Kier alpha value is -2.85. The summed E-state index contributed by atoms with van der Waals surface area (Å²) >= 11 is 0. The summed E-state index contributed by atoms with van der Waals surface area (Å²) in [5, 5.41) is 6.07. The molecule has 0 bridgehead atoms. The van der Waals surface area contributed by atoms with E-state index in [1.807, 2.05) is 23.6 Å². The highest BCUT2D eigenvalue weighted by Gasteiger charge is 2.38. The third-order valence-electron chi connectivity index (χ3n) is 7.54. The van der Waals surface area contributed by atoms with Gasteiger partial charge in [-0.15, -0.1) is 0 Å². The third kappa shape index (κ3) is 8.83. The molecule has 1 heterocycles. The third-order valence-corrected chi connectivity index (χ3v) is 7.54. The van der Waals surface area contributed by atoms with E-state index in [0.717, 1.165) is 32.4 Å². The molecule has 1 saturated carbocycles. The fraction of sp³-hybridized carbons (Fsp3) is 0.690. The molecule has 2 atom stereocenters. The number of rotatable bonds is 16. The SMILES string of the molecule is CNC(=O)CCC(=O)N(C[C@@H]1CNC[C@H]1CN(C(=O)c1ccc(OC)c(OCCCOC)c1)C(C)C)C1CC1. The second kappa shape index (κ2) is 15.1. The van der Waals surface area contributed by atoms with Crippen LogP contribution in [-0.2, 0) is 14.3 Å². The smallest absolute Gasteiger partial charge is 0.254 e. The van der Waals surface area contributed by atoms with E-state index >= 15 is 0 Å². The standard InChI is InChI=1S/C29H46N4O6/c1-20(2)32(29(36)21-7-10-25(38-5)26(15-21)39-14-6-13-37-4)18-22-16-31-17-23(22)19-33(24-8-9-24)28(35)12-11-27(34)30-3/h7,10,15,20,22-24,31H,6,8-9,11-14,16-19H2,1-5H3,(H,30,34)/t22-,23-/m0/s1. The Labute approximate surface area is 232 Å². The largest absolute Gasteiger partial charge is 0.493 e. The maximum absolute atomic E-state index is 13.7. The first-order valence-electron chi connectivity index (χ1n) is 14.1. The van der Waals surface area contributed by atoms with Crippen molar-refractivity contribution in [1.82, 2.24) is 20.4 Å². The Kier molecular flexibility index (Phi) is 11.9. The molecule has 3 rings (SSSR count). The Morgan fingerprint density at radius 1 is 1.03 bits per heavy atom. The zero-order chi connectivity index (χ0) is 28.4. The van der Waals surface area contributed by atoms with Crippen LogP contribution < -0.4 is 20.1 Å². The van der Waals surface area contributed by atoms with Gasteiger partial charge in [-0.1, -0.05) is 0 Å². The highest BCUT2D eigenvalue weighted by atomic mass is 16.5. The fourth-order valence-electron chi connectivity index (χ4n) is 5.05. The molecule has 1 aliphatic heterocycles. The van der Waals surface area contributed by atoms with Crippen molar-refractivity contribution >= 4 is 17.7 Å². The number of nitrogens with one attached hydrogen (secondary N) is 2. The van der Waals surface area contributed by atoms with E-state index < -0.39 is 0 Å². The topological polar surface area (TPSA) is 109 Å². The van der Waals surface area contributed by atoms with Gasteiger partial charge in [-0.05, 0) is 56.7 Å². The van der Waals surface area contributed by atoms with Gasteiger partial charge in [0, 0.05) is 83.9 Å². The normalized spacial score (nSPS) is 18.6. The van der Waals surface area contributed by atoms with E-state index in [4.69, 9.17) is 14.2 Å². The zero-order valence-electron chi connectivity index (χ0n) is 24.2. The summed E-state index contributed by atoms with van der Waals surface area (Å²) in [6.07, 6.45) is 3.20. The fourth-order valence-corrected chi connectivity index (χ4v) is 5.05. The Morgan fingerprint density at radius 3 is 2.36 bits per heavy atom. The molecule has 1 aromatic carbocycles. The lowest BCUT2D eigenvalue weighted by molar-refractivity contribution is -0.134. The minimum absolute atomic E-state index is 0.000598. The van der Waals surface area contributed by atoms with Gasteiger partial charge in [0.2, 0.25) is 11.8 Å². The Bertz CT molecular complexity index is 967. The highest BCUT2D eigenvalue weighted by molar-refractivity contribution is 5.95. The number of carbonyl (C=O) groups excluding carboxylic acids is 3. The molecule has 39 heavy (non-hydrogen) atoms. The molecule has 10 heteroatoms. The molecule has 0 aromatic heterocycles. The molecule has 0 spiro atoms. The average Bonchev–Trinajstić information content (AvgIpc) is 3.69.